The molecule has 1 aliphatic heterocycles. The van der Waals surface area contributed by atoms with Crippen LogP contribution in [0.5, 0.6) is 0 Å². The number of hydrogen-bond acceptors (Lipinski definition) is 3. The van der Waals surface area contributed by atoms with Gasteiger partial charge in [-0.3, -0.25) is 9.59 Å². The lowest BCUT2D eigenvalue weighted by Crippen LogP contribution is -2.47. The zero-order valence-electron chi connectivity index (χ0n) is 13.9. The summed E-state index contributed by atoms with van der Waals surface area (Å²) in [5, 5.41) is 3.02. The van der Waals surface area contributed by atoms with E-state index in [4.69, 9.17) is 4.42 Å². The maximum absolute atomic E-state index is 12.6. The molecule has 0 aromatic carbocycles. The lowest BCUT2D eigenvalue weighted by molar-refractivity contribution is -0.126. The van der Waals surface area contributed by atoms with Crippen LogP contribution >= 0.6 is 0 Å². The average Bonchev–Trinajstić information content (AvgIpc) is 2.85. The normalized spacial score (nSPS) is 19.8. The number of piperidine rings is 1. The van der Waals surface area contributed by atoms with Gasteiger partial charge in [-0.25, -0.2) is 0 Å². The van der Waals surface area contributed by atoms with Crippen LogP contribution in [-0.2, 0) is 4.79 Å². The summed E-state index contributed by atoms with van der Waals surface area (Å²) in [5.74, 6) is 1.31. The second-order valence-corrected chi connectivity index (χ2v) is 6.24. The number of likely N-dealkylation sites (tertiary alicyclic amines) is 1. The van der Waals surface area contributed by atoms with Crippen LogP contribution in [0.4, 0.5) is 0 Å². The van der Waals surface area contributed by atoms with Gasteiger partial charge in [0.15, 0.2) is 0 Å². The van der Waals surface area contributed by atoms with Gasteiger partial charge in [0.25, 0.3) is 5.91 Å². The van der Waals surface area contributed by atoms with Crippen molar-refractivity contribution in [3.05, 3.63) is 23.2 Å². The van der Waals surface area contributed by atoms with Crippen LogP contribution in [0.3, 0.4) is 0 Å². The number of nitrogens with one attached hydrogen (secondary N) is 1. The molecule has 0 spiro atoms. The fourth-order valence-corrected chi connectivity index (χ4v) is 2.85. The second kappa shape index (κ2) is 6.99. The monoisotopic (exact) mass is 306 g/mol. The van der Waals surface area contributed by atoms with Crippen LogP contribution in [0.2, 0.25) is 0 Å². The maximum atomic E-state index is 12.6. The first-order chi connectivity index (χ1) is 10.4. The molecule has 5 nitrogen and oxygen atoms in total. The summed E-state index contributed by atoms with van der Waals surface area (Å²) in [6, 6.07) is 1.96. The Morgan fingerprint density at radius 1 is 1.45 bits per heavy atom. The Bertz CT molecular complexity index is 550. The predicted molar refractivity (Wildman–Crippen MR) is 84.7 cm³/mol. The minimum Gasteiger partial charge on any atom is -0.466 e. The van der Waals surface area contributed by atoms with Crippen molar-refractivity contribution in [1.29, 1.82) is 0 Å². The van der Waals surface area contributed by atoms with Crippen LogP contribution < -0.4 is 5.32 Å². The van der Waals surface area contributed by atoms with Crippen molar-refractivity contribution < 1.29 is 14.0 Å². The van der Waals surface area contributed by atoms with E-state index >= 15 is 0 Å². The fourth-order valence-electron chi connectivity index (χ4n) is 2.85. The van der Waals surface area contributed by atoms with Crippen LogP contribution in [0.15, 0.2) is 10.5 Å². The third-order valence-corrected chi connectivity index (χ3v) is 4.35. The van der Waals surface area contributed by atoms with Crippen molar-refractivity contribution in [2.75, 3.05) is 13.1 Å². The summed E-state index contributed by atoms with van der Waals surface area (Å²) in [6.07, 6.45) is 2.62. The predicted octanol–water partition coefficient (Wildman–Crippen LogP) is 2.66. The molecule has 1 aromatic heterocycles. The SMILES string of the molecule is CC[C@@H](C)NC(=O)[C@H]1CCCN(C(=O)c2cc(C)oc2C)C1. The number of amides is 2. The molecule has 2 atom stereocenters. The molecule has 122 valence electrons. The first kappa shape index (κ1) is 16.6. The van der Waals surface area contributed by atoms with E-state index in [1.165, 1.54) is 0 Å². The molecule has 1 N–H and O–H groups in total. The number of rotatable bonds is 4. The van der Waals surface area contributed by atoms with Gasteiger partial charge in [0, 0.05) is 19.1 Å². The van der Waals surface area contributed by atoms with Gasteiger partial charge in [0.2, 0.25) is 5.91 Å². The number of hydrogen-bond donors (Lipinski definition) is 1. The highest BCUT2D eigenvalue weighted by atomic mass is 16.3. The van der Waals surface area contributed by atoms with Crippen molar-refractivity contribution in [2.45, 2.75) is 53.0 Å². The van der Waals surface area contributed by atoms with E-state index in [0.717, 1.165) is 25.0 Å². The van der Waals surface area contributed by atoms with Crippen molar-refractivity contribution in [2.24, 2.45) is 5.92 Å². The Kier molecular flexibility index (Phi) is 5.27. The van der Waals surface area contributed by atoms with Gasteiger partial charge in [-0.15, -0.1) is 0 Å². The molecule has 2 amide bonds. The zero-order valence-corrected chi connectivity index (χ0v) is 13.9. The Hall–Kier alpha value is -1.78. The molecule has 1 fully saturated rings. The third-order valence-electron chi connectivity index (χ3n) is 4.35. The Morgan fingerprint density at radius 3 is 2.77 bits per heavy atom. The average molecular weight is 306 g/mol. The molecular formula is C17H26N2O3. The minimum atomic E-state index is -0.111. The van der Waals surface area contributed by atoms with E-state index in [1.54, 1.807) is 17.9 Å². The molecule has 2 heterocycles. The van der Waals surface area contributed by atoms with E-state index in [0.29, 0.717) is 24.4 Å². The standard InChI is InChI=1S/C17H26N2O3/c1-5-11(2)18-16(20)14-7-6-8-19(10-14)17(21)15-9-12(3)22-13(15)4/h9,11,14H,5-8,10H2,1-4H3,(H,18,20)/t11-,14+/m1/s1. The van der Waals surface area contributed by atoms with Crippen LogP contribution in [0.1, 0.15) is 55.0 Å². The van der Waals surface area contributed by atoms with Crippen LogP contribution in [-0.4, -0.2) is 35.8 Å². The molecule has 0 aliphatic carbocycles. The lowest BCUT2D eigenvalue weighted by atomic mass is 9.96. The molecule has 5 heteroatoms. The molecule has 1 aromatic rings. The largest absolute Gasteiger partial charge is 0.466 e. The highest BCUT2D eigenvalue weighted by molar-refractivity contribution is 5.95. The smallest absolute Gasteiger partial charge is 0.257 e. The summed E-state index contributed by atoms with van der Waals surface area (Å²) in [5.41, 5.74) is 0.612. The fraction of sp³-hybridized carbons (Fsp3) is 0.647. The Morgan fingerprint density at radius 2 is 2.18 bits per heavy atom. The molecule has 0 radical (unpaired) electrons. The zero-order chi connectivity index (χ0) is 16.3. The van der Waals surface area contributed by atoms with Crippen molar-refractivity contribution >= 4 is 11.8 Å². The summed E-state index contributed by atoms with van der Waals surface area (Å²) in [4.78, 5) is 26.7. The minimum absolute atomic E-state index is 0.0320. The quantitative estimate of drug-likeness (QED) is 0.930. The second-order valence-electron chi connectivity index (χ2n) is 6.24. The molecule has 0 unspecified atom stereocenters. The Balaban J connectivity index is 2.02. The highest BCUT2D eigenvalue weighted by Crippen LogP contribution is 2.22. The van der Waals surface area contributed by atoms with Crippen molar-refractivity contribution in [1.82, 2.24) is 10.2 Å². The molecule has 2 rings (SSSR count). The van der Waals surface area contributed by atoms with E-state index in [-0.39, 0.29) is 23.8 Å². The van der Waals surface area contributed by atoms with E-state index < -0.39 is 0 Å². The molecular weight excluding hydrogens is 280 g/mol. The van der Waals surface area contributed by atoms with Gasteiger partial charge in [-0.2, -0.15) is 0 Å². The summed E-state index contributed by atoms with van der Waals surface area (Å²) < 4.78 is 5.44. The molecule has 0 saturated carbocycles. The number of aryl methyl sites for hydroxylation is 2. The summed E-state index contributed by atoms with van der Waals surface area (Å²) in [6.45, 7) is 8.88. The number of furan rings is 1. The van der Waals surface area contributed by atoms with E-state index in [1.807, 2.05) is 20.8 Å². The number of carbonyl (C=O) groups excluding carboxylic acids is 2. The molecule has 1 saturated heterocycles. The molecule has 0 bridgehead atoms. The van der Waals surface area contributed by atoms with E-state index in [2.05, 4.69) is 5.32 Å². The first-order valence-corrected chi connectivity index (χ1v) is 8.09. The van der Waals surface area contributed by atoms with Gasteiger partial charge in [0.1, 0.15) is 11.5 Å². The lowest BCUT2D eigenvalue weighted by Gasteiger charge is -2.32. The van der Waals surface area contributed by atoms with Crippen molar-refractivity contribution in [3.63, 3.8) is 0 Å². The summed E-state index contributed by atoms with van der Waals surface area (Å²) in [7, 11) is 0. The molecule has 1 aliphatic rings. The van der Waals surface area contributed by atoms with E-state index in [9.17, 15) is 9.59 Å². The maximum Gasteiger partial charge on any atom is 0.257 e. The van der Waals surface area contributed by atoms with Crippen molar-refractivity contribution in [3.8, 4) is 0 Å². The number of nitrogens with zero attached hydrogens (tertiary/aromatic N) is 1. The highest BCUT2D eigenvalue weighted by Gasteiger charge is 2.30. The van der Waals surface area contributed by atoms with Crippen LogP contribution in [0.25, 0.3) is 0 Å². The Labute approximate surface area is 132 Å². The van der Waals surface area contributed by atoms with Gasteiger partial charge in [-0.05, 0) is 46.1 Å². The van der Waals surface area contributed by atoms with Gasteiger partial charge >= 0.3 is 0 Å². The molecule has 22 heavy (non-hydrogen) atoms. The van der Waals surface area contributed by atoms with Crippen LogP contribution in [0, 0.1) is 19.8 Å². The number of carbonyl (C=O) groups is 2. The van der Waals surface area contributed by atoms with Gasteiger partial charge in [-0.1, -0.05) is 6.92 Å². The van der Waals surface area contributed by atoms with Gasteiger partial charge < -0.3 is 14.6 Å². The summed E-state index contributed by atoms with van der Waals surface area (Å²) >= 11 is 0. The first-order valence-electron chi connectivity index (χ1n) is 8.09. The van der Waals surface area contributed by atoms with Gasteiger partial charge in [0.05, 0.1) is 11.5 Å². The topological polar surface area (TPSA) is 62.6 Å². The third kappa shape index (κ3) is 3.70.